The van der Waals surface area contributed by atoms with Gasteiger partial charge in [-0.05, 0) is 24.6 Å². The molecule has 142 valence electrons. The average Bonchev–Trinajstić information content (AvgIpc) is 3.24. The van der Waals surface area contributed by atoms with E-state index < -0.39 is 17.8 Å². The molecule has 3 heterocycles. The van der Waals surface area contributed by atoms with Crippen molar-refractivity contribution in [1.82, 2.24) is 14.9 Å². The fraction of sp³-hybridized carbons (Fsp3) is 0.353. The van der Waals surface area contributed by atoms with Crippen LogP contribution >= 0.6 is 0 Å². The van der Waals surface area contributed by atoms with Gasteiger partial charge in [0.2, 0.25) is 0 Å². The molecule has 0 unspecified atom stereocenters. The SMILES string of the molecule is CN(C(=O)O)[C@H]1CCN(c2ncnc3c2oc2ccc(C(F)(F)F)cc23)C1. The van der Waals surface area contributed by atoms with Gasteiger partial charge in [0.15, 0.2) is 11.4 Å². The fourth-order valence-electron chi connectivity index (χ4n) is 3.37. The zero-order chi connectivity index (χ0) is 19.3. The largest absolute Gasteiger partial charge is 0.465 e. The summed E-state index contributed by atoms with van der Waals surface area (Å²) in [6.07, 6.45) is -3.58. The van der Waals surface area contributed by atoms with E-state index in [1.165, 1.54) is 24.3 Å². The molecule has 1 aliphatic rings. The number of halogens is 3. The lowest BCUT2D eigenvalue weighted by Gasteiger charge is -2.22. The molecular weight excluding hydrogens is 365 g/mol. The van der Waals surface area contributed by atoms with Gasteiger partial charge in [-0.1, -0.05) is 0 Å². The third-order valence-corrected chi connectivity index (χ3v) is 4.87. The minimum atomic E-state index is -4.46. The van der Waals surface area contributed by atoms with Gasteiger partial charge >= 0.3 is 12.3 Å². The summed E-state index contributed by atoms with van der Waals surface area (Å²) < 4.78 is 44.8. The molecule has 1 fully saturated rings. The van der Waals surface area contributed by atoms with Crippen LogP contribution in [0.1, 0.15) is 12.0 Å². The third-order valence-electron chi connectivity index (χ3n) is 4.87. The van der Waals surface area contributed by atoms with Crippen LogP contribution in [0.4, 0.5) is 23.8 Å². The monoisotopic (exact) mass is 380 g/mol. The maximum absolute atomic E-state index is 13.0. The molecular formula is C17H15F3N4O3. The molecule has 4 rings (SSSR count). The normalized spacial score (nSPS) is 17.8. The highest BCUT2D eigenvalue weighted by Crippen LogP contribution is 2.37. The summed E-state index contributed by atoms with van der Waals surface area (Å²) >= 11 is 0. The molecule has 1 N–H and O–H groups in total. The molecule has 3 aromatic rings. The van der Waals surface area contributed by atoms with Crippen molar-refractivity contribution in [2.75, 3.05) is 25.0 Å². The number of anilines is 1. The Kier molecular flexibility index (Phi) is 3.86. The Bertz CT molecular complexity index is 1030. The Morgan fingerprint density at radius 2 is 2.15 bits per heavy atom. The molecule has 1 saturated heterocycles. The Hall–Kier alpha value is -3.04. The number of alkyl halides is 3. The zero-order valence-electron chi connectivity index (χ0n) is 14.2. The fourth-order valence-corrected chi connectivity index (χ4v) is 3.37. The first kappa shape index (κ1) is 17.4. The Morgan fingerprint density at radius 3 is 2.85 bits per heavy atom. The molecule has 1 aromatic carbocycles. The minimum absolute atomic E-state index is 0.200. The number of hydrogen-bond acceptors (Lipinski definition) is 5. The third kappa shape index (κ3) is 2.90. The van der Waals surface area contributed by atoms with E-state index in [0.717, 1.165) is 12.1 Å². The summed E-state index contributed by atoms with van der Waals surface area (Å²) in [5.41, 5.74) is 0.113. The van der Waals surface area contributed by atoms with Crippen molar-refractivity contribution < 1.29 is 27.5 Å². The molecule has 0 bridgehead atoms. The van der Waals surface area contributed by atoms with Crippen molar-refractivity contribution in [3.8, 4) is 0 Å². The molecule has 0 radical (unpaired) electrons. The number of amides is 1. The molecule has 10 heteroatoms. The first-order chi connectivity index (χ1) is 12.8. The summed E-state index contributed by atoms with van der Waals surface area (Å²) in [5.74, 6) is 0.450. The Balaban J connectivity index is 1.76. The van der Waals surface area contributed by atoms with E-state index in [-0.39, 0.29) is 17.0 Å². The quantitative estimate of drug-likeness (QED) is 0.732. The summed E-state index contributed by atoms with van der Waals surface area (Å²) in [7, 11) is 1.51. The molecule has 0 spiro atoms. The molecule has 27 heavy (non-hydrogen) atoms. The van der Waals surface area contributed by atoms with E-state index in [0.29, 0.717) is 36.4 Å². The second kappa shape index (κ2) is 6.00. The summed E-state index contributed by atoms with van der Waals surface area (Å²) in [5, 5.41) is 9.39. The average molecular weight is 380 g/mol. The van der Waals surface area contributed by atoms with E-state index in [9.17, 15) is 18.0 Å². The lowest BCUT2D eigenvalue weighted by Crippen LogP contribution is -2.38. The molecule has 0 aliphatic carbocycles. The predicted octanol–water partition coefficient (Wildman–Crippen LogP) is 3.58. The number of carbonyl (C=O) groups is 1. The van der Waals surface area contributed by atoms with Crippen LogP contribution in [0.15, 0.2) is 28.9 Å². The number of rotatable bonds is 2. The minimum Gasteiger partial charge on any atom is -0.465 e. The first-order valence-electron chi connectivity index (χ1n) is 8.21. The maximum atomic E-state index is 13.0. The van der Waals surface area contributed by atoms with Crippen molar-refractivity contribution in [2.24, 2.45) is 0 Å². The zero-order valence-corrected chi connectivity index (χ0v) is 14.2. The Morgan fingerprint density at radius 1 is 1.37 bits per heavy atom. The van der Waals surface area contributed by atoms with Crippen LogP contribution in [0.2, 0.25) is 0 Å². The number of furan rings is 1. The highest BCUT2D eigenvalue weighted by molar-refractivity contribution is 6.05. The van der Waals surface area contributed by atoms with Gasteiger partial charge in [-0.25, -0.2) is 14.8 Å². The molecule has 1 amide bonds. The van der Waals surface area contributed by atoms with Crippen LogP contribution in [-0.2, 0) is 6.18 Å². The van der Waals surface area contributed by atoms with Crippen LogP contribution in [0.3, 0.4) is 0 Å². The number of benzene rings is 1. The second-order valence-electron chi connectivity index (χ2n) is 6.47. The standard InChI is InChI=1S/C17H15F3N4O3/c1-23(16(25)26)10-4-5-24(7-10)15-14-13(21-8-22-15)11-6-9(17(18,19)20)2-3-12(11)27-14/h2-3,6,8,10H,4-5,7H2,1H3,(H,25,26)/t10-/m0/s1. The van der Waals surface area contributed by atoms with Gasteiger partial charge in [-0.3, -0.25) is 0 Å². The Labute approximate surface area is 151 Å². The first-order valence-corrected chi connectivity index (χ1v) is 8.21. The molecule has 1 atom stereocenters. The van der Waals surface area contributed by atoms with Gasteiger partial charge in [0, 0.05) is 25.5 Å². The summed E-state index contributed by atoms with van der Waals surface area (Å²) in [6, 6.07) is 3.05. The van der Waals surface area contributed by atoms with Gasteiger partial charge < -0.3 is 19.3 Å². The van der Waals surface area contributed by atoms with Crippen LogP contribution < -0.4 is 4.90 Å². The second-order valence-corrected chi connectivity index (χ2v) is 6.47. The van der Waals surface area contributed by atoms with Crippen molar-refractivity contribution in [3.05, 3.63) is 30.1 Å². The van der Waals surface area contributed by atoms with Crippen LogP contribution in [-0.4, -0.2) is 52.2 Å². The van der Waals surface area contributed by atoms with Crippen LogP contribution in [0.25, 0.3) is 22.1 Å². The number of carboxylic acid groups (broad SMARTS) is 1. The lowest BCUT2D eigenvalue weighted by molar-refractivity contribution is -0.137. The molecule has 0 saturated carbocycles. The van der Waals surface area contributed by atoms with Crippen molar-refractivity contribution in [2.45, 2.75) is 18.6 Å². The lowest BCUT2D eigenvalue weighted by atomic mass is 10.1. The number of likely N-dealkylation sites (N-methyl/N-ethyl adjacent to an activating group) is 1. The summed E-state index contributed by atoms with van der Waals surface area (Å²) in [6.45, 7) is 0.971. The molecule has 1 aliphatic heterocycles. The van der Waals surface area contributed by atoms with E-state index in [2.05, 4.69) is 9.97 Å². The number of nitrogens with zero attached hydrogens (tertiary/aromatic N) is 4. The maximum Gasteiger partial charge on any atom is 0.416 e. The predicted molar refractivity (Wildman–Crippen MR) is 90.7 cm³/mol. The number of fused-ring (bicyclic) bond motifs is 3. The van der Waals surface area contributed by atoms with Gasteiger partial charge in [0.25, 0.3) is 0 Å². The van der Waals surface area contributed by atoms with Gasteiger partial charge in [-0.2, -0.15) is 13.2 Å². The van der Waals surface area contributed by atoms with E-state index >= 15 is 0 Å². The van der Waals surface area contributed by atoms with E-state index in [1.807, 2.05) is 4.90 Å². The van der Waals surface area contributed by atoms with Crippen LogP contribution in [0.5, 0.6) is 0 Å². The number of aromatic nitrogens is 2. The topological polar surface area (TPSA) is 82.7 Å². The molecule has 2 aromatic heterocycles. The highest BCUT2D eigenvalue weighted by Gasteiger charge is 2.33. The van der Waals surface area contributed by atoms with E-state index in [4.69, 9.17) is 9.52 Å². The van der Waals surface area contributed by atoms with Crippen molar-refractivity contribution >= 4 is 34.0 Å². The van der Waals surface area contributed by atoms with Crippen molar-refractivity contribution in [1.29, 1.82) is 0 Å². The van der Waals surface area contributed by atoms with Gasteiger partial charge in [-0.15, -0.1) is 0 Å². The van der Waals surface area contributed by atoms with Gasteiger partial charge in [0.1, 0.15) is 17.4 Å². The van der Waals surface area contributed by atoms with Crippen LogP contribution in [0, 0.1) is 0 Å². The van der Waals surface area contributed by atoms with Gasteiger partial charge in [0.05, 0.1) is 11.6 Å². The summed E-state index contributed by atoms with van der Waals surface area (Å²) in [4.78, 5) is 22.6. The molecule has 7 nitrogen and oxygen atoms in total. The van der Waals surface area contributed by atoms with Crippen molar-refractivity contribution in [3.63, 3.8) is 0 Å². The number of hydrogen-bond donors (Lipinski definition) is 1. The smallest absolute Gasteiger partial charge is 0.416 e. The highest BCUT2D eigenvalue weighted by atomic mass is 19.4. The van der Waals surface area contributed by atoms with E-state index in [1.54, 1.807) is 0 Å².